The summed E-state index contributed by atoms with van der Waals surface area (Å²) in [6, 6.07) is 5.47. The summed E-state index contributed by atoms with van der Waals surface area (Å²) in [5.74, 6) is 0.992. The molecule has 0 amide bonds. The lowest BCUT2D eigenvalue weighted by atomic mass is 9.96. The van der Waals surface area contributed by atoms with E-state index in [0.717, 1.165) is 11.1 Å². The number of phenols is 1. The van der Waals surface area contributed by atoms with E-state index in [2.05, 4.69) is 20.5 Å². The minimum absolute atomic E-state index is 0.242. The minimum atomic E-state index is 0.242. The van der Waals surface area contributed by atoms with Crippen molar-refractivity contribution in [1.29, 1.82) is 0 Å². The van der Waals surface area contributed by atoms with E-state index in [-0.39, 0.29) is 11.7 Å². The van der Waals surface area contributed by atoms with Gasteiger partial charge >= 0.3 is 0 Å². The number of hydrogen-bond acceptors (Lipinski definition) is 5. The van der Waals surface area contributed by atoms with Gasteiger partial charge in [-0.3, -0.25) is 5.43 Å². The summed E-state index contributed by atoms with van der Waals surface area (Å²) >= 11 is 5.76. The lowest BCUT2D eigenvalue weighted by molar-refractivity contribution is 0.463. The Balaban J connectivity index is 2.23. The molecule has 0 aliphatic heterocycles. The topological polar surface area (TPSA) is 70.4 Å². The SMILES string of the molecule is Cc1ccc(C(C)C)c(O)c1/C=N/Nc1cc(Cl)ncn1. The highest BCUT2D eigenvalue weighted by molar-refractivity contribution is 6.29. The van der Waals surface area contributed by atoms with Crippen molar-refractivity contribution in [3.63, 3.8) is 0 Å². The second-order valence-corrected chi connectivity index (χ2v) is 5.37. The molecule has 2 aromatic rings. The van der Waals surface area contributed by atoms with Gasteiger partial charge in [-0.25, -0.2) is 9.97 Å². The Hall–Kier alpha value is -2.14. The number of aromatic hydroxyl groups is 1. The highest BCUT2D eigenvalue weighted by Crippen LogP contribution is 2.30. The van der Waals surface area contributed by atoms with E-state index in [1.54, 1.807) is 12.3 Å². The van der Waals surface area contributed by atoms with Crippen LogP contribution in [-0.2, 0) is 0 Å². The fourth-order valence-electron chi connectivity index (χ4n) is 1.91. The number of benzene rings is 1. The van der Waals surface area contributed by atoms with Crippen molar-refractivity contribution in [2.45, 2.75) is 26.7 Å². The lowest BCUT2D eigenvalue weighted by Crippen LogP contribution is -1.98. The molecule has 0 saturated carbocycles. The lowest BCUT2D eigenvalue weighted by Gasteiger charge is -2.12. The third-order valence-electron chi connectivity index (χ3n) is 3.09. The van der Waals surface area contributed by atoms with E-state index >= 15 is 0 Å². The number of hydrogen-bond donors (Lipinski definition) is 2. The molecule has 6 heteroatoms. The van der Waals surface area contributed by atoms with Crippen LogP contribution in [0.5, 0.6) is 5.75 Å². The number of halogens is 1. The van der Waals surface area contributed by atoms with Gasteiger partial charge < -0.3 is 5.11 Å². The van der Waals surface area contributed by atoms with Gasteiger partial charge in [-0.1, -0.05) is 37.6 Å². The highest BCUT2D eigenvalue weighted by Gasteiger charge is 2.11. The molecule has 1 heterocycles. The molecule has 0 saturated heterocycles. The Labute approximate surface area is 128 Å². The van der Waals surface area contributed by atoms with Crippen molar-refractivity contribution in [2.75, 3.05) is 5.43 Å². The number of hydrazone groups is 1. The summed E-state index contributed by atoms with van der Waals surface area (Å²) in [6.07, 6.45) is 2.93. The Bertz CT molecular complexity index is 671. The molecule has 0 radical (unpaired) electrons. The summed E-state index contributed by atoms with van der Waals surface area (Å²) in [6.45, 7) is 5.99. The van der Waals surface area contributed by atoms with Gasteiger partial charge in [0.05, 0.1) is 6.21 Å². The van der Waals surface area contributed by atoms with Gasteiger partial charge in [-0.2, -0.15) is 5.10 Å². The summed E-state index contributed by atoms with van der Waals surface area (Å²) in [5, 5.41) is 14.7. The van der Waals surface area contributed by atoms with Crippen molar-refractivity contribution in [2.24, 2.45) is 5.10 Å². The summed E-state index contributed by atoms with van der Waals surface area (Å²) in [5.41, 5.74) is 5.29. The van der Waals surface area contributed by atoms with E-state index in [9.17, 15) is 5.11 Å². The highest BCUT2D eigenvalue weighted by atomic mass is 35.5. The van der Waals surface area contributed by atoms with Crippen LogP contribution in [0.3, 0.4) is 0 Å². The van der Waals surface area contributed by atoms with Crippen LogP contribution >= 0.6 is 11.6 Å². The smallest absolute Gasteiger partial charge is 0.151 e. The Morgan fingerprint density at radius 2 is 2.10 bits per heavy atom. The Kier molecular flexibility index (Phi) is 4.75. The first-order chi connectivity index (χ1) is 9.99. The van der Waals surface area contributed by atoms with Gasteiger partial charge in [-0.05, 0) is 24.0 Å². The molecule has 0 aliphatic rings. The molecule has 21 heavy (non-hydrogen) atoms. The fourth-order valence-corrected chi connectivity index (χ4v) is 2.06. The molecule has 0 bridgehead atoms. The third kappa shape index (κ3) is 3.70. The molecule has 0 unspecified atom stereocenters. The zero-order chi connectivity index (χ0) is 15.4. The van der Waals surface area contributed by atoms with Crippen LogP contribution in [0, 0.1) is 6.92 Å². The quantitative estimate of drug-likeness (QED) is 0.513. The number of rotatable bonds is 4. The van der Waals surface area contributed by atoms with E-state index in [4.69, 9.17) is 11.6 Å². The molecule has 1 aromatic heterocycles. The summed E-state index contributed by atoms with van der Waals surface area (Å²) in [4.78, 5) is 7.77. The molecule has 5 nitrogen and oxygen atoms in total. The predicted octanol–water partition coefficient (Wildman–Crippen LogP) is 3.71. The molecule has 1 aromatic carbocycles. The molecule has 2 N–H and O–H groups in total. The molecule has 2 rings (SSSR count). The number of anilines is 1. The Morgan fingerprint density at radius 1 is 1.33 bits per heavy atom. The van der Waals surface area contributed by atoms with Crippen molar-refractivity contribution in [3.8, 4) is 5.75 Å². The first-order valence-electron chi connectivity index (χ1n) is 6.58. The molecule has 0 spiro atoms. The van der Waals surface area contributed by atoms with Gasteiger partial charge in [0.15, 0.2) is 5.82 Å². The minimum Gasteiger partial charge on any atom is -0.507 e. The van der Waals surface area contributed by atoms with E-state index in [0.29, 0.717) is 16.5 Å². The van der Waals surface area contributed by atoms with Crippen molar-refractivity contribution in [1.82, 2.24) is 9.97 Å². The number of nitrogens with zero attached hydrogens (tertiary/aromatic N) is 3. The fraction of sp³-hybridized carbons (Fsp3) is 0.267. The van der Waals surface area contributed by atoms with Crippen LogP contribution < -0.4 is 5.43 Å². The van der Waals surface area contributed by atoms with Crippen LogP contribution in [0.15, 0.2) is 29.6 Å². The van der Waals surface area contributed by atoms with Gasteiger partial charge in [-0.15, -0.1) is 0 Å². The van der Waals surface area contributed by atoms with Gasteiger partial charge in [0.1, 0.15) is 17.2 Å². The van der Waals surface area contributed by atoms with Crippen LogP contribution in [0.25, 0.3) is 0 Å². The zero-order valence-corrected chi connectivity index (χ0v) is 12.9. The first-order valence-corrected chi connectivity index (χ1v) is 6.96. The maximum atomic E-state index is 10.3. The number of aryl methyl sites for hydroxylation is 1. The summed E-state index contributed by atoms with van der Waals surface area (Å²) in [7, 11) is 0. The maximum Gasteiger partial charge on any atom is 0.151 e. The van der Waals surface area contributed by atoms with Crippen molar-refractivity contribution < 1.29 is 5.11 Å². The van der Waals surface area contributed by atoms with Crippen LogP contribution in [0.1, 0.15) is 36.5 Å². The van der Waals surface area contributed by atoms with E-state index in [1.165, 1.54) is 6.33 Å². The Morgan fingerprint density at radius 3 is 2.76 bits per heavy atom. The van der Waals surface area contributed by atoms with E-state index < -0.39 is 0 Å². The van der Waals surface area contributed by atoms with Gasteiger partial charge in [0.25, 0.3) is 0 Å². The predicted molar refractivity (Wildman–Crippen MR) is 85.2 cm³/mol. The average molecular weight is 305 g/mol. The second-order valence-electron chi connectivity index (χ2n) is 4.98. The van der Waals surface area contributed by atoms with Crippen LogP contribution in [0.4, 0.5) is 5.82 Å². The summed E-state index contributed by atoms with van der Waals surface area (Å²) < 4.78 is 0. The molecular weight excluding hydrogens is 288 g/mol. The zero-order valence-electron chi connectivity index (χ0n) is 12.1. The van der Waals surface area contributed by atoms with Gasteiger partial charge in [0, 0.05) is 11.6 Å². The number of aromatic nitrogens is 2. The van der Waals surface area contributed by atoms with Crippen molar-refractivity contribution >= 4 is 23.6 Å². The average Bonchev–Trinajstić information content (AvgIpc) is 2.42. The monoisotopic (exact) mass is 304 g/mol. The van der Waals surface area contributed by atoms with Gasteiger partial charge in [0.2, 0.25) is 0 Å². The second kappa shape index (κ2) is 6.54. The largest absolute Gasteiger partial charge is 0.507 e. The molecular formula is C15H17ClN4O. The molecule has 0 atom stereocenters. The number of phenolic OH excluding ortho intramolecular Hbond substituents is 1. The van der Waals surface area contributed by atoms with Crippen LogP contribution in [0.2, 0.25) is 5.15 Å². The first kappa shape index (κ1) is 15.3. The molecule has 110 valence electrons. The third-order valence-corrected chi connectivity index (χ3v) is 3.30. The molecule has 0 aliphatic carbocycles. The number of nitrogens with one attached hydrogen (secondary N) is 1. The van der Waals surface area contributed by atoms with Crippen LogP contribution in [-0.4, -0.2) is 21.3 Å². The maximum absolute atomic E-state index is 10.3. The molecule has 0 fully saturated rings. The van der Waals surface area contributed by atoms with E-state index in [1.807, 2.05) is 32.9 Å². The standard InChI is InChI=1S/C15H17ClN4O/c1-9(2)11-5-4-10(3)12(15(11)21)7-19-20-14-6-13(16)17-8-18-14/h4-9,21H,1-3H3,(H,17,18,20)/b19-7+. The van der Waals surface area contributed by atoms with Crippen molar-refractivity contribution in [3.05, 3.63) is 46.4 Å². The normalized spacial score (nSPS) is 11.3.